The minimum atomic E-state index is -0.409. The van der Waals surface area contributed by atoms with Gasteiger partial charge in [0.15, 0.2) is 0 Å². The summed E-state index contributed by atoms with van der Waals surface area (Å²) in [6.45, 7) is 0. The molecule has 0 bridgehead atoms. The Morgan fingerprint density at radius 3 is 2.62 bits per heavy atom. The van der Waals surface area contributed by atoms with Crippen molar-refractivity contribution in [3.63, 3.8) is 0 Å². The van der Waals surface area contributed by atoms with Gasteiger partial charge in [0.25, 0.3) is 0 Å². The zero-order valence-corrected chi connectivity index (χ0v) is 7.73. The van der Waals surface area contributed by atoms with Gasteiger partial charge in [-0.05, 0) is 6.07 Å². The Balaban J connectivity index is 2.92. The van der Waals surface area contributed by atoms with Crippen molar-refractivity contribution in [2.45, 2.75) is 0 Å². The molecule has 0 fully saturated rings. The number of aromatic nitrogens is 1. The van der Waals surface area contributed by atoms with Crippen LogP contribution < -0.4 is 4.89 Å². The maximum atomic E-state index is 11.1. The number of nitrogens with zero attached hydrogens (tertiary/aromatic N) is 1. The van der Waals surface area contributed by atoms with E-state index in [-0.39, 0.29) is 0 Å². The molecule has 72 valence electrons. The second kappa shape index (κ2) is 3.95. The van der Waals surface area contributed by atoms with Gasteiger partial charge in [-0.15, -0.1) is 0 Å². The molecule has 1 aromatic heterocycles. The molecule has 0 radical (unpaired) electrons. The van der Waals surface area contributed by atoms with Gasteiger partial charge in [-0.3, -0.25) is 0 Å². The van der Waals surface area contributed by atoms with E-state index in [1.165, 1.54) is 18.8 Å². The molecule has 0 saturated heterocycles. The molecule has 5 heteroatoms. The van der Waals surface area contributed by atoms with Crippen molar-refractivity contribution in [1.29, 1.82) is 0 Å². The largest absolute Gasteiger partial charge is 0.464 e. The molecule has 13 heavy (non-hydrogen) atoms. The van der Waals surface area contributed by atoms with Gasteiger partial charge in [-0.1, -0.05) is 0 Å². The fourth-order valence-corrected chi connectivity index (χ4v) is 0.971. The molecule has 0 unspecified atom stereocenters. The molecule has 0 spiro atoms. The predicted molar refractivity (Wildman–Crippen MR) is 44.4 cm³/mol. The predicted octanol–water partition coefficient (Wildman–Crippen LogP) is 0.752. The Kier molecular flexibility index (Phi) is 2.92. The minimum Gasteiger partial charge on any atom is -0.464 e. The number of ether oxygens (including phenoxy) is 1. The third kappa shape index (κ3) is 1.81. The van der Waals surface area contributed by atoms with Crippen LogP contribution in [0.3, 0.4) is 0 Å². The Hall–Kier alpha value is -1.49. The summed E-state index contributed by atoms with van der Waals surface area (Å²) in [7, 11) is 4.40. The molecule has 0 aliphatic rings. The lowest BCUT2D eigenvalue weighted by atomic mass is 10.4. The summed E-state index contributed by atoms with van der Waals surface area (Å²) < 4.78 is 6.09. The SMILES string of the molecule is COOc1ccc(C(=O)OC)n1C. The van der Waals surface area contributed by atoms with Gasteiger partial charge in [0, 0.05) is 13.1 Å². The smallest absolute Gasteiger partial charge is 0.354 e. The lowest BCUT2D eigenvalue weighted by molar-refractivity contribution is -0.183. The molecule has 0 amide bonds. The van der Waals surface area contributed by atoms with Crippen LogP contribution in [-0.2, 0) is 16.7 Å². The van der Waals surface area contributed by atoms with Crippen LogP contribution in [0.2, 0.25) is 0 Å². The third-order valence-corrected chi connectivity index (χ3v) is 1.64. The average Bonchev–Trinajstić information content (AvgIpc) is 2.48. The summed E-state index contributed by atoms with van der Waals surface area (Å²) >= 11 is 0. The number of hydrogen-bond acceptors (Lipinski definition) is 4. The van der Waals surface area contributed by atoms with Crippen LogP contribution in [0.4, 0.5) is 0 Å². The standard InChI is InChI=1S/C8H11NO4/c1-9-6(8(10)11-2)4-5-7(9)13-12-3/h4-5H,1-3H3. The first-order valence-corrected chi connectivity index (χ1v) is 3.65. The van der Waals surface area contributed by atoms with Gasteiger partial charge < -0.3 is 14.2 Å². The number of methoxy groups -OCH3 is 1. The summed E-state index contributed by atoms with van der Waals surface area (Å²) in [5.41, 5.74) is 0.412. The second-order valence-corrected chi connectivity index (χ2v) is 2.36. The molecule has 5 nitrogen and oxygen atoms in total. The quantitative estimate of drug-likeness (QED) is 0.396. The van der Waals surface area contributed by atoms with Gasteiger partial charge in [-0.2, -0.15) is 4.89 Å². The summed E-state index contributed by atoms with van der Waals surface area (Å²) in [6.07, 6.45) is 0. The first kappa shape index (κ1) is 9.60. The van der Waals surface area contributed by atoms with Crippen molar-refractivity contribution in [2.24, 2.45) is 7.05 Å². The van der Waals surface area contributed by atoms with E-state index in [0.717, 1.165) is 0 Å². The van der Waals surface area contributed by atoms with Gasteiger partial charge in [0.1, 0.15) is 5.69 Å². The molecule has 1 heterocycles. The van der Waals surface area contributed by atoms with E-state index in [2.05, 4.69) is 9.62 Å². The van der Waals surface area contributed by atoms with Crippen LogP contribution in [0.15, 0.2) is 12.1 Å². The summed E-state index contributed by atoms with van der Waals surface area (Å²) in [5.74, 6) is 0.0383. The molecule has 0 aliphatic heterocycles. The van der Waals surface area contributed by atoms with E-state index in [1.54, 1.807) is 19.2 Å². The van der Waals surface area contributed by atoms with Crippen LogP contribution in [-0.4, -0.2) is 24.8 Å². The number of carbonyl (C=O) groups excluding carboxylic acids is 1. The Labute approximate surface area is 75.7 Å². The van der Waals surface area contributed by atoms with Crippen molar-refractivity contribution in [3.05, 3.63) is 17.8 Å². The zero-order valence-electron chi connectivity index (χ0n) is 7.73. The highest BCUT2D eigenvalue weighted by atomic mass is 17.2. The van der Waals surface area contributed by atoms with Crippen LogP contribution in [0.25, 0.3) is 0 Å². The molecular formula is C8H11NO4. The highest BCUT2D eigenvalue weighted by Gasteiger charge is 2.13. The topological polar surface area (TPSA) is 49.7 Å². The molecule has 1 rings (SSSR count). The van der Waals surface area contributed by atoms with Crippen LogP contribution >= 0.6 is 0 Å². The van der Waals surface area contributed by atoms with Gasteiger partial charge in [0.2, 0.25) is 5.88 Å². The van der Waals surface area contributed by atoms with Crippen LogP contribution in [0.1, 0.15) is 10.5 Å². The molecule has 0 aromatic carbocycles. The normalized spacial score (nSPS) is 9.77. The summed E-state index contributed by atoms with van der Waals surface area (Å²) in [6, 6.07) is 3.22. The zero-order chi connectivity index (χ0) is 9.84. The first-order chi connectivity index (χ1) is 6.20. The van der Waals surface area contributed by atoms with E-state index in [4.69, 9.17) is 4.89 Å². The highest BCUT2D eigenvalue weighted by molar-refractivity contribution is 5.88. The Morgan fingerprint density at radius 2 is 2.08 bits per heavy atom. The number of carbonyl (C=O) groups is 1. The van der Waals surface area contributed by atoms with Crippen molar-refractivity contribution in [1.82, 2.24) is 4.57 Å². The molecule has 0 aliphatic carbocycles. The third-order valence-electron chi connectivity index (χ3n) is 1.64. The molecule has 0 N–H and O–H groups in total. The highest BCUT2D eigenvalue weighted by Crippen LogP contribution is 2.15. The number of hydrogen-bond donors (Lipinski definition) is 0. The number of rotatable bonds is 3. The molecule has 1 aromatic rings. The fourth-order valence-electron chi connectivity index (χ4n) is 0.971. The Bertz CT molecular complexity index is 305. The molecule has 0 atom stereocenters. The van der Waals surface area contributed by atoms with Crippen molar-refractivity contribution in [2.75, 3.05) is 14.2 Å². The summed E-state index contributed by atoms with van der Waals surface area (Å²) in [5, 5.41) is 0. The average molecular weight is 185 g/mol. The monoisotopic (exact) mass is 185 g/mol. The van der Waals surface area contributed by atoms with Gasteiger partial charge in [0.05, 0.1) is 14.2 Å². The van der Waals surface area contributed by atoms with Crippen molar-refractivity contribution < 1.29 is 19.3 Å². The van der Waals surface area contributed by atoms with E-state index in [0.29, 0.717) is 11.6 Å². The lowest BCUT2D eigenvalue weighted by Gasteiger charge is -2.04. The van der Waals surface area contributed by atoms with Crippen LogP contribution in [0, 0.1) is 0 Å². The van der Waals surface area contributed by atoms with E-state index in [9.17, 15) is 4.79 Å². The van der Waals surface area contributed by atoms with E-state index < -0.39 is 5.97 Å². The van der Waals surface area contributed by atoms with Gasteiger partial charge >= 0.3 is 5.97 Å². The Morgan fingerprint density at radius 1 is 1.38 bits per heavy atom. The summed E-state index contributed by atoms with van der Waals surface area (Å²) in [4.78, 5) is 20.3. The molecule has 0 saturated carbocycles. The van der Waals surface area contributed by atoms with Crippen molar-refractivity contribution in [3.8, 4) is 5.88 Å². The van der Waals surface area contributed by atoms with Gasteiger partial charge in [-0.25, -0.2) is 4.79 Å². The van der Waals surface area contributed by atoms with Crippen molar-refractivity contribution >= 4 is 5.97 Å². The second-order valence-electron chi connectivity index (χ2n) is 2.36. The minimum absolute atomic E-state index is 0.409. The number of esters is 1. The lowest BCUT2D eigenvalue weighted by Crippen LogP contribution is -2.08. The molecular weight excluding hydrogens is 174 g/mol. The maximum absolute atomic E-state index is 11.1. The maximum Gasteiger partial charge on any atom is 0.354 e. The van der Waals surface area contributed by atoms with E-state index >= 15 is 0 Å². The first-order valence-electron chi connectivity index (χ1n) is 3.65. The van der Waals surface area contributed by atoms with E-state index in [1.807, 2.05) is 0 Å². The fraction of sp³-hybridized carbons (Fsp3) is 0.375. The van der Waals surface area contributed by atoms with Crippen LogP contribution in [0.5, 0.6) is 5.88 Å².